The van der Waals surface area contributed by atoms with Crippen LogP contribution in [0.2, 0.25) is 0 Å². The third-order valence-corrected chi connectivity index (χ3v) is 5.81. The highest BCUT2D eigenvalue weighted by Crippen LogP contribution is 2.34. The molecule has 0 saturated carbocycles. The summed E-state index contributed by atoms with van der Waals surface area (Å²) in [5.41, 5.74) is 2.10. The Morgan fingerprint density at radius 1 is 1.21 bits per heavy atom. The van der Waals surface area contributed by atoms with Crippen LogP contribution in [0.5, 0.6) is 5.75 Å². The van der Waals surface area contributed by atoms with Crippen LogP contribution in [0.4, 0.5) is 0 Å². The van der Waals surface area contributed by atoms with Gasteiger partial charge in [0.15, 0.2) is 0 Å². The summed E-state index contributed by atoms with van der Waals surface area (Å²) in [5, 5.41) is 1.60. The van der Waals surface area contributed by atoms with Crippen LogP contribution in [0.3, 0.4) is 0 Å². The van der Waals surface area contributed by atoms with Gasteiger partial charge in [0.25, 0.3) is 5.56 Å². The minimum atomic E-state index is -0.0194. The molecule has 0 atom stereocenters. The van der Waals surface area contributed by atoms with Crippen molar-refractivity contribution in [1.82, 2.24) is 9.97 Å². The van der Waals surface area contributed by atoms with E-state index in [-0.39, 0.29) is 5.56 Å². The first-order valence-electron chi connectivity index (χ1n) is 8.10. The highest BCUT2D eigenvalue weighted by Gasteiger charge is 2.20. The van der Waals surface area contributed by atoms with Crippen molar-refractivity contribution in [2.75, 3.05) is 11.9 Å². The molecule has 2 heterocycles. The number of ether oxygens (including phenoxy) is 1. The van der Waals surface area contributed by atoms with Crippen LogP contribution < -0.4 is 10.3 Å². The molecule has 0 fully saturated rings. The van der Waals surface area contributed by atoms with Gasteiger partial charge in [0, 0.05) is 15.8 Å². The molecule has 1 N–H and O–H groups in total. The molecule has 2 aromatic heterocycles. The zero-order chi connectivity index (χ0) is 16.5. The number of alkyl halides is 1. The van der Waals surface area contributed by atoms with Crippen molar-refractivity contribution in [3.05, 3.63) is 45.1 Å². The third-order valence-electron chi connectivity index (χ3n) is 4.30. The number of hydrogen-bond acceptors (Lipinski definition) is 4. The molecule has 4 rings (SSSR count). The first-order chi connectivity index (χ1) is 11.8. The van der Waals surface area contributed by atoms with Crippen LogP contribution in [0.15, 0.2) is 29.1 Å². The molecule has 124 valence electrons. The molecule has 1 aliphatic carbocycles. The number of aryl methyl sites for hydroxylation is 2. The number of rotatable bonds is 4. The van der Waals surface area contributed by atoms with Crippen LogP contribution in [0.1, 0.15) is 23.3 Å². The minimum Gasteiger partial charge on any atom is -0.493 e. The van der Waals surface area contributed by atoms with E-state index in [1.807, 2.05) is 24.3 Å². The van der Waals surface area contributed by atoms with Gasteiger partial charge in [-0.25, -0.2) is 4.98 Å². The van der Waals surface area contributed by atoms with Crippen molar-refractivity contribution >= 4 is 37.5 Å². The molecule has 0 amide bonds. The highest BCUT2D eigenvalue weighted by atomic mass is 79.9. The molecular formula is C18H17BrN2O2S. The lowest BCUT2D eigenvalue weighted by atomic mass is 9.97. The number of fused-ring (bicyclic) bond motifs is 3. The molecule has 0 aliphatic heterocycles. The van der Waals surface area contributed by atoms with Gasteiger partial charge in [-0.15, -0.1) is 11.3 Å². The molecule has 24 heavy (non-hydrogen) atoms. The standard InChI is InChI=1S/C18H17BrN2O2S/c19-9-10-23-12-7-5-11(6-8-12)16-20-17(22)15-13-3-1-2-4-14(13)24-18(15)21-16/h5-8H,1-4,9-10H2,(H,20,21,22). The van der Waals surface area contributed by atoms with E-state index in [4.69, 9.17) is 9.72 Å². The van der Waals surface area contributed by atoms with Gasteiger partial charge in [-0.2, -0.15) is 0 Å². The summed E-state index contributed by atoms with van der Waals surface area (Å²) < 4.78 is 5.56. The maximum atomic E-state index is 12.6. The van der Waals surface area contributed by atoms with Crippen molar-refractivity contribution in [3.63, 3.8) is 0 Å². The zero-order valence-corrected chi connectivity index (χ0v) is 15.5. The van der Waals surface area contributed by atoms with Crippen molar-refractivity contribution in [2.45, 2.75) is 25.7 Å². The second-order valence-electron chi connectivity index (χ2n) is 5.87. The predicted molar refractivity (Wildman–Crippen MR) is 102 cm³/mol. The Hall–Kier alpha value is -1.66. The van der Waals surface area contributed by atoms with Crippen LogP contribution in [0.25, 0.3) is 21.6 Å². The Morgan fingerprint density at radius 3 is 2.79 bits per heavy atom. The van der Waals surface area contributed by atoms with Crippen molar-refractivity contribution in [1.29, 1.82) is 0 Å². The molecule has 0 radical (unpaired) electrons. The van der Waals surface area contributed by atoms with Crippen molar-refractivity contribution in [3.8, 4) is 17.1 Å². The quantitative estimate of drug-likeness (QED) is 0.659. The highest BCUT2D eigenvalue weighted by molar-refractivity contribution is 9.09. The molecule has 6 heteroatoms. The number of halogens is 1. The van der Waals surface area contributed by atoms with E-state index in [0.29, 0.717) is 12.4 Å². The van der Waals surface area contributed by atoms with E-state index in [0.717, 1.165) is 46.1 Å². The Kier molecular flexibility index (Phi) is 4.41. The monoisotopic (exact) mass is 404 g/mol. The lowest BCUT2D eigenvalue weighted by molar-refractivity contribution is 0.345. The molecule has 3 aromatic rings. The first kappa shape index (κ1) is 15.8. The van der Waals surface area contributed by atoms with Gasteiger partial charge in [0.1, 0.15) is 16.4 Å². The van der Waals surface area contributed by atoms with E-state index in [1.165, 1.54) is 16.9 Å². The molecule has 1 aromatic carbocycles. The Bertz CT molecular complexity index is 931. The SMILES string of the molecule is O=c1[nH]c(-c2ccc(OCCBr)cc2)nc2sc3c(c12)CCCC3. The summed E-state index contributed by atoms with van der Waals surface area (Å²) in [6.45, 7) is 0.626. The fraction of sp³-hybridized carbons (Fsp3) is 0.333. The molecule has 0 unspecified atom stereocenters. The minimum absolute atomic E-state index is 0.0194. The van der Waals surface area contributed by atoms with Crippen molar-refractivity contribution in [2.24, 2.45) is 0 Å². The topological polar surface area (TPSA) is 55.0 Å². The maximum Gasteiger partial charge on any atom is 0.260 e. The molecule has 0 saturated heterocycles. The number of nitrogens with zero attached hydrogens (tertiary/aromatic N) is 1. The number of benzene rings is 1. The van der Waals surface area contributed by atoms with E-state index in [9.17, 15) is 4.79 Å². The zero-order valence-electron chi connectivity index (χ0n) is 13.1. The first-order valence-corrected chi connectivity index (χ1v) is 10.0. The van der Waals surface area contributed by atoms with Crippen LogP contribution in [-0.4, -0.2) is 21.9 Å². The number of H-pyrrole nitrogens is 1. The van der Waals surface area contributed by atoms with E-state index < -0.39 is 0 Å². The van der Waals surface area contributed by atoms with Crippen LogP contribution >= 0.6 is 27.3 Å². The van der Waals surface area contributed by atoms with Gasteiger partial charge in [0.05, 0.1) is 12.0 Å². The van der Waals surface area contributed by atoms with Gasteiger partial charge in [0.2, 0.25) is 0 Å². The number of thiophene rings is 1. The second kappa shape index (κ2) is 6.69. The largest absolute Gasteiger partial charge is 0.493 e. The smallest absolute Gasteiger partial charge is 0.260 e. The summed E-state index contributed by atoms with van der Waals surface area (Å²) in [5.74, 6) is 1.44. The van der Waals surface area contributed by atoms with Gasteiger partial charge in [-0.1, -0.05) is 15.9 Å². The lowest BCUT2D eigenvalue weighted by Crippen LogP contribution is -2.11. The summed E-state index contributed by atoms with van der Waals surface area (Å²) in [6, 6.07) is 7.67. The predicted octanol–water partition coefficient (Wildman–Crippen LogP) is 4.30. The van der Waals surface area contributed by atoms with E-state index >= 15 is 0 Å². The van der Waals surface area contributed by atoms with Gasteiger partial charge in [-0.3, -0.25) is 4.79 Å². The molecule has 0 spiro atoms. The lowest BCUT2D eigenvalue weighted by Gasteiger charge is -2.09. The van der Waals surface area contributed by atoms with E-state index in [1.54, 1.807) is 11.3 Å². The van der Waals surface area contributed by atoms with Gasteiger partial charge >= 0.3 is 0 Å². The van der Waals surface area contributed by atoms with Crippen molar-refractivity contribution < 1.29 is 4.74 Å². The molecular weight excluding hydrogens is 388 g/mol. The summed E-state index contributed by atoms with van der Waals surface area (Å²) in [6.07, 6.45) is 4.44. The Labute approximate surface area is 152 Å². The molecule has 4 nitrogen and oxygen atoms in total. The number of aromatic amines is 1. The third kappa shape index (κ3) is 2.89. The number of hydrogen-bond donors (Lipinski definition) is 1. The fourth-order valence-corrected chi connectivity index (χ4v) is 4.59. The van der Waals surface area contributed by atoms with Crippen LogP contribution in [-0.2, 0) is 12.8 Å². The number of aromatic nitrogens is 2. The average molecular weight is 405 g/mol. The normalized spacial score (nSPS) is 13.9. The Morgan fingerprint density at radius 2 is 2.00 bits per heavy atom. The Balaban J connectivity index is 1.73. The van der Waals surface area contributed by atoms with Crippen LogP contribution in [0, 0.1) is 0 Å². The van der Waals surface area contributed by atoms with E-state index in [2.05, 4.69) is 20.9 Å². The average Bonchev–Trinajstić information content (AvgIpc) is 2.99. The molecule has 0 bridgehead atoms. The number of nitrogens with one attached hydrogen (secondary N) is 1. The van der Waals surface area contributed by atoms with Gasteiger partial charge < -0.3 is 9.72 Å². The summed E-state index contributed by atoms with van der Waals surface area (Å²) >= 11 is 5.02. The fourth-order valence-electron chi connectivity index (χ4n) is 3.17. The molecule has 1 aliphatic rings. The van der Waals surface area contributed by atoms with Gasteiger partial charge in [-0.05, 0) is 55.5 Å². The summed E-state index contributed by atoms with van der Waals surface area (Å²) in [4.78, 5) is 22.5. The second-order valence-corrected chi connectivity index (χ2v) is 7.74. The maximum absolute atomic E-state index is 12.6. The summed E-state index contributed by atoms with van der Waals surface area (Å²) in [7, 11) is 0.